The lowest BCUT2D eigenvalue weighted by Crippen LogP contribution is -2.54. The first-order valence-electron chi connectivity index (χ1n) is 7.59. The number of rotatable bonds is 7. The zero-order valence-corrected chi connectivity index (χ0v) is 12.7. The highest BCUT2D eigenvalue weighted by molar-refractivity contribution is 5.86. The third-order valence-electron chi connectivity index (χ3n) is 4.07. The lowest BCUT2D eigenvalue weighted by molar-refractivity contribution is -0.125. The second kappa shape index (κ2) is 7.54. The number of nitrogens with zero attached hydrogens (tertiary/aromatic N) is 1. The van der Waals surface area contributed by atoms with Crippen molar-refractivity contribution in [1.82, 2.24) is 10.2 Å². The molecule has 116 valence electrons. The Morgan fingerprint density at radius 2 is 2.00 bits per heavy atom. The number of likely N-dealkylation sites (N-methyl/N-ethyl adjacent to an activating group) is 1. The van der Waals surface area contributed by atoms with Gasteiger partial charge in [0.2, 0.25) is 5.91 Å². The maximum Gasteiger partial charge on any atom is 0.242 e. The smallest absolute Gasteiger partial charge is 0.242 e. The minimum Gasteiger partial charge on any atom is -0.379 e. The molecule has 1 amide bonds. The molecule has 1 unspecified atom stereocenters. The van der Waals surface area contributed by atoms with E-state index in [2.05, 4.69) is 10.2 Å². The molecule has 21 heavy (non-hydrogen) atoms. The fourth-order valence-electron chi connectivity index (χ4n) is 2.86. The number of morpholine rings is 1. The van der Waals surface area contributed by atoms with E-state index in [0.717, 1.165) is 38.4 Å². The number of ether oxygens (including phenoxy) is 1. The Hall–Kier alpha value is -1.43. The van der Waals surface area contributed by atoms with Crippen molar-refractivity contribution in [2.24, 2.45) is 5.73 Å². The number of carbonyl (C=O) groups excluding carboxylic acids is 1. The highest BCUT2D eigenvalue weighted by Gasteiger charge is 2.37. The van der Waals surface area contributed by atoms with Crippen LogP contribution in [0.25, 0.3) is 0 Å². The van der Waals surface area contributed by atoms with Crippen LogP contribution in [-0.4, -0.2) is 50.2 Å². The lowest BCUT2D eigenvalue weighted by Gasteiger charge is -2.35. The lowest BCUT2D eigenvalue weighted by atomic mass is 9.85. The predicted molar refractivity (Wildman–Crippen MR) is 82.9 cm³/mol. The number of carbonyl (C=O) groups is 1. The van der Waals surface area contributed by atoms with Crippen molar-refractivity contribution in [3.63, 3.8) is 0 Å². The average Bonchev–Trinajstić information content (AvgIpc) is 2.53. The summed E-state index contributed by atoms with van der Waals surface area (Å²) in [5.41, 5.74) is 5.90. The summed E-state index contributed by atoms with van der Waals surface area (Å²) in [5.74, 6) is -0.316. The Morgan fingerprint density at radius 1 is 1.33 bits per heavy atom. The van der Waals surface area contributed by atoms with Crippen LogP contribution in [0.15, 0.2) is 30.3 Å². The Kier molecular flexibility index (Phi) is 5.73. The van der Waals surface area contributed by atoms with Gasteiger partial charge in [-0.1, -0.05) is 37.3 Å². The molecule has 0 saturated carbocycles. The van der Waals surface area contributed by atoms with Crippen LogP contribution in [0.4, 0.5) is 0 Å². The number of nitrogens with one attached hydrogen (secondary N) is 1. The minimum absolute atomic E-state index is 0.316. The van der Waals surface area contributed by atoms with Gasteiger partial charge in [0.05, 0.1) is 13.2 Å². The van der Waals surface area contributed by atoms with E-state index in [1.54, 1.807) is 0 Å². The topological polar surface area (TPSA) is 67.6 Å². The summed E-state index contributed by atoms with van der Waals surface area (Å²) in [7, 11) is 0. The van der Waals surface area contributed by atoms with Crippen LogP contribution < -0.4 is 11.1 Å². The van der Waals surface area contributed by atoms with Gasteiger partial charge in [0.1, 0.15) is 5.54 Å². The molecule has 1 aliphatic heterocycles. The van der Waals surface area contributed by atoms with Gasteiger partial charge >= 0.3 is 0 Å². The number of nitrogens with two attached hydrogens (primary N) is 1. The van der Waals surface area contributed by atoms with Gasteiger partial charge in [-0.3, -0.25) is 15.0 Å². The van der Waals surface area contributed by atoms with E-state index < -0.39 is 5.54 Å². The van der Waals surface area contributed by atoms with Gasteiger partial charge in [-0.2, -0.15) is 0 Å². The van der Waals surface area contributed by atoms with Gasteiger partial charge in [-0.15, -0.1) is 0 Å². The number of benzene rings is 1. The maximum atomic E-state index is 12.2. The molecule has 1 aliphatic rings. The van der Waals surface area contributed by atoms with Crippen molar-refractivity contribution >= 4 is 5.91 Å². The summed E-state index contributed by atoms with van der Waals surface area (Å²) in [5, 5.41) is 3.32. The second-order valence-electron chi connectivity index (χ2n) is 5.37. The Labute approximate surface area is 126 Å². The van der Waals surface area contributed by atoms with E-state index in [1.165, 1.54) is 0 Å². The van der Waals surface area contributed by atoms with Gasteiger partial charge in [-0.25, -0.2) is 0 Å². The van der Waals surface area contributed by atoms with E-state index in [1.807, 2.05) is 37.3 Å². The first kappa shape index (κ1) is 15.9. The Balaban J connectivity index is 2.16. The SMILES string of the molecule is CCNC(CCN1CCOCC1)(C(N)=O)c1ccccc1. The van der Waals surface area contributed by atoms with Crippen molar-refractivity contribution in [2.45, 2.75) is 18.9 Å². The summed E-state index contributed by atoms with van der Waals surface area (Å²) in [6.45, 7) is 6.86. The molecular weight excluding hydrogens is 266 g/mol. The summed E-state index contributed by atoms with van der Waals surface area (Å²) in [6, 6.07) is 9.76. The Bertz CT molecular complexity index is 446. The van der Waals surface area contributed by atoms with E-state index in [4.69, 9.17) is 10.5 Å². The summed E-state index contributed by atoms with van der Waals surface area (Å²) in [4.78, 5) is 14.5. The molecule has 1 atom stereocenters. The van der Waals surface area contributed by atoms with Gasteiger partial charge in [0.25, 0.3) is 0 Å². The first-order chi connectivity index (χ1) is 10.2. The fourth-order valence-corrected chi connectivity index (χ4v) is 2.86. The number of amides is 1. The predicted octanol–water partition coefficient (Wildman–Crippen LogP) is 0.699. The molecule has 0 bridgehead atoms. The highest BCUT2D eigenvalue weighted by atomic mass is 16.5. The molecule has 0 radical (unpaired) electrons. The molecule has 0 aromatic heterocycles. The third-order valence-corrected chi connectivity index (χ3v) is 4.07. The van der Waals surface area contributed by atoms with Crippen molar-refractivity contribution in [3.8, 4) is 0 Å². The maximum absolute atomic E-state index is 12.2. The molecular formula is C16H25N3O2. The third kappa shape index (κ3) is 3.81. The summed E-state index contributed by atoms with van der Waals surface area (Å²) >= 11 is 0. The van der Waals surface area contributed by atoms with Gasteiger partial charge in [0.15, 0.2) is 0 Å². The zero-order valence-electron chi connectivity index (χ0n) is 12.7. The molecule has 5 nitrogen and oxygen atoms in total. The van der Waals surface area contributed by atoms with Gasteiger partial charge < -0.3 is 10.5 Å². The van der Waals surface area contributed by atoms with E-state index in [9.17, 15) is 4.79 Å². The Morgan fingerprint density at radius 3 is 2.57 bits per heavy atom. The molecule has 1 saturated heterocycles. The van der Waals surface area contributed by atoms with Gasteiger partial charge in [-0.05, 0) is 18.5 Å². The molecule has 1 aromatic carbocycles. The average molecular weight is 291 g/mol. The van der Waals surface area contributed by atoms with Crippen LogP contribution in [0.5, 0.6) is 0 Å². The van der Waals surface area contributed by atoms with Crippen molar-refractivity contribution in [2.75, 3.05) is 39.4 Å². The van der Waals surface area contributed by atoms with Crippen LogP contribution in [0.3, 0.4) is 0 Å². The number of hydrogen-bond donors (Lipinski definition) is 2. The first-order valence-corrected chi connectivity index (χ1v) is 7.59. The fraction of sp³-hybridized carbons (Fsp3) is 0.562. The van der Waals surface area contributed by atoms with Crippen LogP contribution in [0.2, 0.25) is 0 Å². The summed E-state index contributed by atoms with van der Waals surface area (Å²) < 4.78 is 5.36. The zero-order chi connectivity index (χ0) is 15.1. The molecule has 3 N–H and O–H groups in total. The van der Waals surface area contributed by atoms with E-state index >= 15 is 0 Å². The van der Waals surface area contributed by atoms with E-state index in [0.29, 0.717) is 13.0 Å². The van der Waals surface area contributed by atoms with Crippen LogP contribution in [0, 0.1) is 0 Å². The molecule has 0 aliphatic carbocycles. The standard InChI is InChI=1S/C16H25N3O2/c1-2-18-16(15(17)20,14-6-4-3-5-7-14)8-9-19-10-12-21-13-11-19/h3-7,18H,2,8-13H2,1H3,(H2,17,20). The van der Waals surface area contributed by atoms with Crippen molar-refractivity contribution < 1.29 is 9.53 Å². The van der Waals surface area contributed by atoms with Crippen LogP contribution in [-0.2, 0) is 15.1 Å². The van der Waals surface area contributed by atoms with Crippen LogP contribution >= 0.6 is 0 Å². The van der Waals surface area contributed by atoms with E-state index in [-0.39, 0.29) is 5.91 Å². The van der Waals surface area contributed by atoms with Crippen molar-refractivity contribution in [3.05, 3.63) is 35.9 Å². The van der Waals surface area contributed by atoms with Crippen molar-refractivity contribution in [1.29, 1.82) is 0 Å². The number of primary amides is 1. The largest absolute Gasteiger partial charge is 0.379 e. The molecule has 0 spiro atoms. The monoisotopic (exact) mass is 291 g/mol. The number of hydrogen-bond acceptors (Lipinski definition) is 4. The molecule has 2 rings (SSSR count). The second-order valence-corrected chi connectivity index (χ2v) is 5.37. The normalized spacial score (nSPS) is 19.1. The highest BCUT2D eigenvalue weighted by Crippen LogP contribution is 2.25. The van der Waals surface area contributed by atoms with Gasteiger partial charge in [0, 0.05) is 19.6 Å². The molecule has 1 heterocycles. The molecule has 1 aromatic rings. The molecule has 5 heteroatoms. The quantitative estimate of drug-likeness (QED) is 0.776. The minimum atomic E-state index is -0.797. The van der Waals surface area contributed by atoms with Crippen LogP contribution in [0.1, 0.15) is 18.9 Å². The molecule has 1 fully saturated rings. The summed E-state index contributed by atoms with van der Waals surface area (Å²) in [6.07, 6.45) is 0.667.